The van der Waals surface area contributed by atoms with Crippen molar-refractivity contribution >= 4 is 10.9 Å². The van der Waals surface area contributed by atoms with Crippen LogP contribution in [-0.2, 0) is 7.05 Å². The average molecular weight is 222 g/mol. The molecule has 4 nitrogen and oxygen atoms in total. The highest BCUT2D eigenvalue weighted by Crippen LogP contribution is 2.29. The van der Waals surface area contributed by atoms with Gasteiger partial charge in [-0.1, -0.05) is 18.2 Å². The lowest BCUT2D eigenvalue weighted by Gasteiger charge is -1.96. The molecule has 0 aliphatic rings. The van der Waals surface area contributed by atoms with Crippen LogP contribution in [0.25, 0.3) is 22.2 Å². The van der Waals surface area contributed by atoms with Crippen molar-refractivity contribution in [1.82, 2.24) is 14.5 Å². The van der Waals surface area contributed by atoms with Gasteiger partial charge in [0.15, 0.2) is 0 Å². The summed E-state index contributed by atoms with van der Waals surface area (Å²) in [5.41, 5.74) is 3.33. The highest BCUT2D eigenvalue weighted by molar-refractivity contribution is 5.95. The van der Waals surface area contributed by atoms with Crippen molar-refractivity contribution in [1.29, 1.82) is 5.26 Å². The summed E-state index contributed by atoms with van der Waals surface area (Å²) < 4.78 is 1.73. The molecule has 0 aliphatic heterocycles. The van der Waals surface area contributed by atoms with Crippen molar-refractivity contribution < 1.29 is 0 Å². The predicted octanol–water partition coefficient (Wildman–Crippen LogP) is 2.44. The fourth-order valence-corrected chi connectivity index (χ4v) is 2.03. The van der Waals surface area contributed by atoms with Crippen LogP contribution in [0.5, 0.6) is 0 Å². The molecular formula is C13H10N4. The summed E-state index contributed by atoms with van der Waals surface area (Å²) in [4.78, 5) is 7.49. The first-order valence-electron chi connectivity index (χ1n) is 5.29. The smallest absolute Gasteiger partial charge is 0.147 e. The number of hydrogen-bond donors (Lipinski definition) is 1. The van der Waals surface area contributed by atoms with E-state index in [0.717, 1.165) is 22.2 Å². The minimum Gasteiger partial charge on any atom is -0.360 e. The number of H-pyrrole nitrogens is 1. The van der Waals surface area contributed by atoms with Crippen LogP contribution in [0.2, 0.25) is 0 Å². The molecule has 0 saturated carbocycles. The van der Waals surface area contributed by atoms with E-state index in [1.807, 2.05) is 37.5 Å². The van der Waals surface area contributed by atoms with Crippen LogP contribution in [0.15, 0.2) is 36.8 Å². The van der Waals surface area contributed by atoms with Crippen molar-refractivity contribution in [2.45, 2.75) is 0 Å². The van der Waals surface area contributed by atoms with E-state index in [4.69, 9.17) is 5.26 Å². The van der Waals surface area contributed by atoms with Gasteiger partial charge in [-0.3, -0.25) is 0 Å². The molecule has 1 aromatic carbocycles. The van der Waals surface area contributed by atoms with Crippen LogP contribution in [0.1, 0.15) is 5.69 Å². The van der Waals surface area contributed by atoms with E-state index in [9.17, 15) is 0 Å². The van der Waals surface area contributed by atoms with Crippen LogP contribution >= 0.6 is 0 Å². The number of rotatable bonds is 1. The number of aromatic amines is 1. The molecule has 0 fully saturated rings. The fourth-order valence-electron chi connectivity index (χ4n) is 2.03. The maximum atomic E-state index is 9.14. The second-order valence-electron chi connectivity index (χ2n) is 3.91. The molecule has 3 rings (SSSR count). The summed E-state index contributed by atoms with van der Waals surface area (Å²) in [6, 6.07) is 10.2. The Bertz CT molecular complexity index is 727. The van der Waals surface area contributed by atoms with Gasteiger partial charge in [0, 0.05) is 29.7 Å². The maximum Gasteiger partial charge on any atom is 0.147 e. The lowest BCUT2D eigenvalue weighted by molar-refractivity contribution is 0.897. The Morgan fingerprint density at radius 3 is 3.00 bits per heavy atom. The van der Waals surface area contributed by atoms with Crippen LogP contribution in [0.4, 0.5) is 0 Å². The number of fused-ring (bicyclic) bond motifs is 1. The number of nitrogens with one attached hydrogen (secondary N) is 1. The normalized spacial score (nSPS) is 10.6. The Morgan fingerprint density at radius 2 is 2.18 bits per heavy atom. The molecule has 0 radical (unpaired) electrons. The minimum absolute atomic E-state index is 0.578. The zero-order valence-corrected chi connectivity index (χ0v) is 9.31. The monoisotopic (exact) mass is 222 g/mol. The second kappa shape index (κ2) is 3.49. The van der Waals surface area contributed by atoms with Crippen LogP contribution < -0.4 is 0 Å². The number of nitriles is 1. The number of aryl methyl sites for hydroxylation is 1. The average Bonchev–Trinajstić information content (AvgIpc) is 2.92. The molecule has 0 saturated heterocycles. The van der Waals surface area contributed by atoms with Crippen LogP contribution in [0.3, 0.4) is 0 Å². The number of hydrogen-bond acceptors (Lipinski definition) is 2. The summed E-state index contributed by atoms with van der Waals surface area (Å²) in [5, 5.41) is 10.2. The third-order valence-corrected chi connectivity index (χ3v) is 2.89. The van der Waals surface area contributed by atoms with Crippen molar-refractivity contribution in [3.63, 3.8) is 0 Å². The number of nitrogens with zero attached hydrogens (tertiary/aromatic N) is 3. The SMILES string of the molecule is Cn1cnc(-c2c[nH]c3ccccc23)c1C#N. The van der Waals surface area contributed by atoms with E-state index >= 15 is 0 Å². The zero-order valence-electron chi connectivity index (χ0n) is 9.31. The molecule has 0 amide bonds. The van der Waals surface area contributed by atoms with Gasteiger partial charge in [0.05, 0.1) is 6.33 Å². The van der Waals surface area contributed by atoms with Gasteiger partial charge in [0.1, 0.15) is 17.5 Å². The van der Waals surface area contributed by atoms with Gasteiger partial charge in [-0.25, -0.2) is 4.98 Å². The molecule has 1 N–H and O–H groups in total. The van der Waals surface area contributed by atoms with E-state index in [1.165, 1.54) is 0 Å². The molecule has 2 heterocycles. The first-order chi connectivity index (χ1) is 8.31. The number of benzene rings is 1. The van der Waals surface area contributed by atoms with Gasteiger partial charge in [-0.05, 0) is 6.07 Å². The maximum absolute atomic E-state index is 9.14. The lowest BCUT2D eigenvalue weighted by Crippen LogP contribution is -1.90. The fraction of sp³-hybridized carbons (Fsp3) is 0.0769. The van der Waals surface area contributed by atoms with Gasteiger partial charge >= 0.3 is 0 Å². The van der Waals surface area contributed by atoms with Crippen molar-refractivity contribution in [3.8, 4) is 17.3 Å². The molecule has 0 aliphatic carbocycles. The van der Waals surface area contributed by atoms with Gasteiger partial charge in [-0.2, -0.15) is 5.26 Å². The third kappa shape index (κ3) is 1.33. The highest BCUT2D eigenvalue weighted by Gasteiger charge is 2.14. The quantitative estimate of drug-likeness (QED) is 0.687. The summed E-state index contributed by atoms with van der Waals surface area (Å²) in [7, 11) is 1.82. The Hall–Kier alpha value is -2.54. The van der Waals surface area contributed by atoms with Crippen LogP contribution in [-0.4, -0.2) is 14.5 Å². The zero-order chi connectivity index (χ0) is 11.8. The molecule has 0 spiro atoms. The molecule has 82 valence electrons. The Balaban J connectivity index is 2.32. The topological polar surface area (TPSA) is 57.4 Å². The lowest BCUT2D eigenvalue weighted by atomic mass is 10.1. The molecule has 2 aromatic heterocycles. The summed E-state index contributed by atoms with van der Waals surface area (Å²) in [6.07, 6.45) is 3.56. The van der Waals surface area contributed by atoms with Crippen molar-refractivity contribution in [2.75, 3.05) is 0 Å². The van der Waals surface area contributed by atoms with Crippen molar-refractivity contribution in [2.24, 2.45) is 7.05 Å². The first-order valence-corrected chi connectivity index (χ1v) is 5.29. The molecular weight excluding hydrogens is 212 g/mol. The molecule has 0 atom stereocenters. The Morgan fingerprint density at radius 1 is 1.35 bits per heavy atom. The summed E-state index contributed by atoms with van der Waals surface area (Å²) >= 11 is 0. The first kappa shape index (κ1) is 9.67. The van der Waals surface area contributed by atoms with E-state index in [1.54, 1.807) is 10.9 Å². The van der Waals surface area contributed by atoms with Gasteiger partial charge in [0.2, 0.25) is 0 Å². The molecule has 17 heavy (non-hydrogen) atoms. The molecule has 3 aromatic rings. The van der Waals surface area contributed by atoms with Gasteiger partial charge < -0.3 is 9.55 Å². The van der Waals surface area contributed by atoms with Crippen LogP contribution in [0, 0.1) is 11.3 Å². The second-order valence-corrected chi connectivity index (χ2v) is 3.91. The minimum atomic E-state index is 0.578. The number of para-hydroxylation sites is 1. The van der Waals surface area contributed by atoms with Gasteiger partial charge in [0.25, 0.3) is 0 Å². The molecule has 0 unspecified atom stereocenters. The Labute approximate surface area is 98.1 Å². The number of imidazole rings is 1. The number of aromatic nitrogens is 3. The van der Waals surface area contributed by atoms with Crippen molar-refractivity contribution in [3.05, 3.63) is 42.5 Å². The van der Waals surface area contributed by atoms with E-state index in [0.29, 0.717) is 5.69 Å². The third-order valence-electron chi connectivity index (χ3n) is 2.89. The molecule has 4 heteroatoms. The Kier molecular flexibility index (Phi) is 1.99. The van der Waals surface area contributed by atoms with E-state index in [-0.39, 0.29) is 0 Å². The summed E-state index contributed by atoms with van der Waals surface area (Å²) in [5.74, 6) is 0. The van der Waals surface area contributed by atoms with Gasteiger partial charge in [-0.15, -0.1) is 0 Å². The standard InChI is InChI=1S/C13H10N4/c1-17-8-16-13(12(17)6-14)10-7-15-11-5-3-2-4-9(10)11/h2-5,7-8,15H,1H3. The largest absolute Gasteiger partial charge is 0.360 e. The van der Waals surface area contributed by atoms with E-state index in [2.05, 4.69) is 16.0 Å². The summed E-state index contributed by atoms with van der Waals surface area (Å²) in [6.45, 7) is 0. The predicted molar refractivity (Wildman–Crippen MR) is 65.2 cm³/mol. The highest BCUT2D eigenvalue weighted by atomic mass is 15.0. The van der Waals surface area contributed by atoms with E-state index < -0.39 is 0 Å². The molecule has 0 bridgehead atoms.